The molecule has 0 amide bonds. The Hall–Kier alpha value is -3.09. The minimum Gasteiger partial charge on any atom is -0.507 e. The van der Waals surface area contributed by atoms with Gasteiger partial charge in [0.15, 0.2) is 17.3 Å². The van der Waals surface area contributed by atoms with Gasteiger partial charge in [0.1, 0.15) is 28.9 Å². The van der Waals surface area contributed by atoms with Crippen molar-refractivity contribution in [2.75, 3.05) is 14.2 Å². The average molecular weight is 360 g/mol. The van der Waals surface area contributed by atoms with Crippen LogP contribution in [-0.2, 0) is 0 Å². The first kappa shape index (κ1) is 17.7. The predicted molar refractivity (Wildman–Crippen MR) is 92.8 cm³/mol. The third-order valence-corrected chi connectivity index (χ3v) is 4.65. The van der Waals surface area contributed by atoms with Gasteiger partial charge in [-0.2, -0.15) is 0 Å². The lowest BCUT2D eigenvalue weighted by Gasteiger charge is -2.29. The lowest BCUT2D eigenvalue weighted by atomic mass is 9.91. The third-order valence-electron chi connectivity index (χ3n) is 4.65. The number of ether oxygens (including phenoxy) is 3. The van der Waals surface area contributed by atoms with Crippen LogP contribution in [0.15, 0.2) is 12.1 Å². The number of carbonyl (C=O) groups is 1. The number of hydrogen-bond acceptors (Lipinski definition) is 7. The Morgan fingerprint density at radius 3 is 2.08 bits per heavy atom. The van der Waals surface area contributed by atoms with Crippen LogP contribution in [-0.4, -0.2) is 35.3 Å². The molecule has 3 rings (SSSR count). The van der Waals surface area contributed by atoms with E-state index in [4.69, 9.17) is 14.2 Å². The summed E-state index contributed by atoms with van der Waals surface area (Å²) in [5.74, 6) is -0.310. The maximum absolute atomic E-state index is 12.6. The maximum Gasteiger partial charge on any atom is 0.200 e. The van der Waals surface area contributed by atoms with E-state index in [9.17, 15) is 20.1 Å². The van der Waals surface area contributed by atoms with Gasteiger partial charge in [0.05, 0.1) is 20.6 Å². The Morgan fingerprint density at radius 2 is 1.54 bits per heavy atom. The van der Waals surface area contributed by atoms with Gasteiger partial charge in [-0.1, -0.05) is 0 Å². The molecule has 7 heteroatoms. The highest BCUT2D eigenvalue weighted by molar-refractivity contribution is 6.03. The summed E-state index contributed by atoms with van der Waals surface area (Å²) in [5.41, 5.74) is 1.26. The first-order valence-corrected chi connectivity index (χ1v) is 7.99. The second-order valence-corrected chi connectivity index (χ2v) is 6.16. The maximum atomic E-state index is 12.6. The molecule has 0 radical (unpaired) electrons. The lowest BCUT2D eigenvalue weighted by Crippen LogP contribution is -2.21. The number of hydrogen-bond donors (Lipinski definition) is 3. The molecule has 2 aromatic rings. The highest BCUT2D eigenvalue weighted by Crippen LogP contribution is 2.48. The summed E-state index contributed by atoms with van der Waals surface area (Å²) in [6.07, 6.45) is -0.694. The zero-order chi connectivity index (χ0) is 19.2. The number of carbonyl (C=O) groups excluding carboxylic acids is 1. The van der Waals surface area contributed by atoms with Crippen molar-refractivity contribution in [1.29, 1.82) is 0 Å². The Kier molecular flexibility index (Phi) is 4.31. The molecule has 0 saturated heterocycles. The molecule has 0 spiro atoms. The summed E-state index contributed by atoms with van der Waals surface area (Å²) in [6.45, 7) is 3.15. The molecule has 1 heterocycles. The van der Waals surface area contributed by atoms with Gasteiger partial charge >= 0.3 is 0 Å². The van der Waals surface area contributed by atoms with Crippen molar-refractivity contribution in [3.63, 3.8) is 0 Å². The second-order valence-electron chi connectivity index (χ2n) is 6.16. The van der Waals surface area contributed by atoms with Crippen LogP contribution >= 0.6 is 0 Å². The fourth-order valence-corrected chi connectivity index (χ4v) is 3.13. The fraction of sp³-hybridized carbons (Fsp3) is 0.316. The van der Waals surface area contributed by atoms with Crippen LogP contribution in [0.3, 0.4) is 0 Å². The van der Waals surface area contributed by atoms with Crippen molar-refractivity contribution in [2.45, 2.75) is 26.4 Å². The molecule has 0 aliphatic carbocycles. The molecule has 7 nitrogen and oxygen atoms in total. The molecule has 1 aliphatic heterocycles. The van der Waals surface area contributed by atoms with Crippen molar-refractivity contribution < 1.29 is 34.3 Å². The van der Waals surface area contributed by atoms with Crippen LogP contribution in [0.2, 0.25) is 0 Å². The normalized spacial score (nSPS) is 16.0. The fourth-order valence-electron chi connectivity index (χ4n) is 3.13. The Balaban J connectivity index is 2.12. The Morgan fingerprint density at radius 1 is 0.962 bits per heavy atom. The van der Waals surface area contributed by atoms with E-state index in [0.29, 0.717) is 11.1 Å². The first-order valence-electron chi connectivity index (χ1n) is 7.99. The number of Topliss-reactive ketones (excluding diaryl/α,β-unsaturated/α-hetero) is 1. The van der Waals surface area contributed by atoms with Crippen molar-refractivity contribution in [3.8, 4) is 34.5 Å². The standard InChI is InChI=1S/C19H20O7/c1-8-16(21)9(2)19-15(17(8)22)11(20)7-12(26-19)10-5-13(24-3)18(23)14(6-10)25-4/h5-6,12,21-23H,7H2,1-4H3. The van der Waals surface area contributed by atoms with Crippen LogP contribution in [0.5, 0.6) is 34.5 Å². The lowest BCUT2D eigenvalue weighted by molar-refractivity contribution is 0.0841. The van der Waals surface area contributed by atoms with E-state index >= 15 is 0 Å². The number of phenolic OH excluding ortho intramolecular Hbond substituents is 3. The van der Waals surface area contributed by atoms with Gasteiger partial charge in [0, 0.05) is 16.7 Å². The van der Waals surface area contributed by atoms with Crippen LogP contribution in [0.25, 0.3) is 0 Å². The van der Waals surface area contributed by atoms with Crippen LogP contribution < -0.4 is 14.2 Å². The molecule has 0 aromatic heterocycles. The monoisotopic (exact) mass is 360 g/mol. The molecule has 138 valence electrons. The minimum absolute atomic E-state index is 0.0126. The van der Waals surface area contributed by atoms with Gasteiger partial charge in [-0.3, -0.25) is 4.79 Å². The Labute approximate surface area is 150 Å². The summed E-state index contributed by atoms with van der Waals surface area (Å²) in [5, 5.41) is 30.5. The third kappa shape index (κ3) is 2.56. The molecular formula is C19H20O7. The van der Waals surface area contributed by atoms with Crippen molar-refractivity contribution in [3.05, 3.63) is 34.4 Å². The number of methoxy groups -OCH3 is 2. The van der Waals surface area contributed by atoms with Crippen LogP contribution in [0.1, 0.15) is 39.6 Å². The van der Waals surface area contributed by atoms with Gasteiger partial charge in [0.2, 0.25) is 5.75 Å². The molecule has 1 atom stereocenters. The van der Waals surface area contributed by atoms with Crippen LogP contribution in [0, 0.1) is 13.8 Å². The minimum atomic E-state index is -0.682. The highest BCUT2D eigenvalue weighted by Gasteiger charge is 2.34. The molecule has 26 heavy (non-hydrogen) atoms. The van der Waals surface area contributed by atoms with E-state index in [1.54, 1.807) is 19.1 Å². The predicted octanol–water partition coefficient (Wildman–Crippen LogP) is 3.14. The quantitative estimate of drug-likeness (QED) is 0.772. The average Bonchev–Trinajstić information content (AvgIpc) is 2.64. The number of aromatic hydroxyl groups is 3. The van der Waals surface area contributed by atoms with Crippen molar-refractivity contribution >= 4 is 5.78 Å². The van der Waals surface area contributed by atoms with E-state index in [0.717, 1.165) is 0 Å². The number of benzene rings is 2. The summed E-state index contributed by atoms with van der Waals surface area (Å²) in [4.78, 5) is 12.6. The van der Waals surface area contributed by atoms with E-state index < -0.39 is 6.10 Å². The SMILES string of the molecule is COc1cc(C2CC(=O)c3c(O)c(C)c(O)c(C)c3O2)cc(OC)c1O. The van der Waals surface area contributed by atoms with Crippen molar-refractivity contribution in [1.82, 2.24) is 0 Å². The number of rotatable bonds is 3. The van der Waals surface area contributed by atoms with Gasteiger partial charge in [-0.05, 0) is 26.0 Å². The van der Waals surface area contributed by atoms with E-state index in [2.05, 4.69) is 0 Å². The zero-order valence-corrected chi connectivity index (χ0v) is 14.9. The molecule has 3 N–H and O–H groups in total. The molecular weight excluding hydrogens is 340 g/mol. The molecule has 0 bridgehead atoms. The van der Waals surface area contributed by atoms with Crippen molar-refractivity contribution in [2.24, 2.45) is 0 Å². The van der Waals surface area contributed by atoms with E-state index in [1.807, 2.05) is 0 Å². The molecule has 0 saturated carbocycles. The van der Waals surface area contributed by atoms with Gasteiger partial charge in [0.25, 0.3) is 0 Å². The zero-order valence-electron chi connectivity index (χ0n) is 14.9. The van der Waals surface area contributed by atoms with E-state index in [1.165, 1.54) is 21.1 Å². The molecule has 1 aliphatic rings. The van der Waals surface area contributed by atoms with Crippen LogP contribution in [0.4, 0.5) is 0 Å². The highest BCUT2D eigenvalue weighted by atomic mass is 16.5. The smallest absolute Gasteiger partial charge is 0.200 e. The second kappa shape index (κ2) is 6.33. The summed E-state index contributed by atoms with van der Waals surface area (Å²) < 4.78 is 16.2. The topological polar surface area (TPSA) is 105 Å². The van der Waals surface area contributed by atoms with Gasteiger partial charge < -0.3 is 29.5 Å². The number of fused-ring (bicyclic) bond motifs is 1. The Bertz CT molecular complexity index is 876. The molecule has 1 unspecified atom stereocenters. The van der Waals surface area contributed by atoms with Gasteiger partial charge in [-0.25, -0.2) is 0 Å². The largest absolute Gasteiger partial charge is 0.507 e. The van der Waals surface area contributed by atoms with Gasteiger partial charge in [-0.15, -0.1) is 0 Å². The number of ketones is 1. The molecule has 0 fully saturated rings. The first-order chi connectivity index (χ1) is 12.3. The van der Waals surface area contributed by atoms with E-state index in [-0.39, 0.29) is 57.8 Å². The summed E-state index contributed by atoms with van der Waals surface area (Å²) >= 11 is 0. The summed E-state index contributed by atoms with van der Waals surface area (Å²) in [7, 11) is 2.81. The number of phenols is 3. The summed E-state index contributed by atoms with van der Waals surface area (Å²) in [6, 6.07) is 3.12. The molecule has 2 aromatic carbocycles.